The maximum absolute atomic E-state index is 6.02. The third-order valence-corrected chi connectivity index (χ3v) is 3.46. The SMILES string of the molecule is Clc1nnc(C2CC2)c2cc(Br)ccc12. The smallest absolute Gasteiger partial charge is 0.153 e. The quantitative estimate of drug-likeness (QED) is 0.792. The Morgan fingerprint density at radius 3 is 2.73 bits per heavy atom. The van der Waals surface area contributed by atoms with E-state index in [0.717, 1.165) is 20.9 Å². The number of hydrogen-bond acceptors (Lipinski definition) is 2. The van der Waals surface area contributed by atoms with Gasteiger partial charge in [0.25, 0.3) is 0 Å². The number of fused-ring (bicyclic) bond motifs is 1. The summed E-state index contributed by atoms with van der Waals surface area (Å²) < 4.78 is 1.06. The molecule has 15 heavy (non-hydrogen) atoms. The van der Waals surface area contributed by atoms with Crippen molar-refractivity contribution in [2.45, 2.75) is 18.8 Å². The van der Waals surface area contributed by atoms with Crippen molar-refractivity contribution in [2.24, 2.45) is 0 Å². The number of hydrogen-bond donors (Lipinski definition) is 0. The van der Waals surface area contributed by atoms with Gasteiger partial charge in [-0.2, -0.15) is 5.10 Å². The van der Waals surface area contributed by atoms with Gasteiger partial charge < -0.3 is 0 Å². The Balaban J connectivity index is 2.35. The molecule has 0 aliphatic heterocycles. The second-order valence-corrected chi connectivity index (χ2v) is 5.11. The molecule has 2 nitrogen and oxygen atoms in total. The molecule has 1 saturated carbocycles. The van der Waals surface area contributed by atoms with Crippen molar-refractivity contribution in [3.8, 4) is 0 Å². The van der Waals surface area contributed by atoms with Crippen LogP contribution in [0, 0.1) is 0 Å². The Morgan fingerprint density at radius 1 is 1.20 bits per heavy atom. The molecular weight excluding hydrogens is 275 g/mol. The highest BCUT2D eigenvalue weighted by Gasteiger charge is 2.27. The van der Waals surface area contributed by atoms with Crippen LogP contribution in [0.5, 0.6) is 0 Å². The van der Waals surface area contributed by atoms with E-state index >= 15 is 0 Å². The van der Waals surface area contributed by atoms with Crippen LogP contribution >= 0.6 is 27.5 Å². The number of benzene rings is 1. The van der Waals surface area contributed by atoms with E-state index in [2.05, 4.69) is 32.2 Å². The average Bonchev–Trinajstić information content (AvgIpc) is 3.02. The highest BCUT2D eigenvalue weighted by atomic mass is 79.9. The first-order chi connectivity index (χ1) is 7.25. The summed E-state index contributed by atoms with van der Waals surface area (Å²) in [5.41, 5.74) is 1.09. The fourth-order valence-electron chi connectivity index (χ4n) is 1.77. The lowest BCUT2D eigenvalue weighted by atomic mass is 10.1. The predicted molar refractivity (Wildman–Crippen MR) is 64.2 cm³/mol. The zero-order valence-corrected chi connectivity index (χ0v) is 10.2. The average molecular weight is 284 g/mol. The molecule has 76 valence electrons. The minimum atomic E-state index is 0.488. The van der Waals surface area contributed by atoms with E-state index in [0.29, 0.717) is 11.1 Å². The molecule has 0 atom stereocenters. The Hall–Kier alpha value is -0.670. The largest absolute Gasteiger partial charge is 0.159 e. The highest BCUT2D eigenvalue weighted by Crippen LogP contribution is 2.42. The van der Waals surface area contributed by atoms with E-state index < -0.39 is 0 Å². The van der Waals surface area contributed by atoms with Crippen LogP contribution in [0.3, 0.4) is 0 Å². The van der Waals surface area contributed by atoms with Crippen molar-refractivity contribution in [1.29, 1.82) is 0 Å². The van der Waals surface area contributed by atoms with E-state index in [9.17, 15) is 0 Å². The molecule has 0 radical (unpaired) electrons. The molecule has 1 aliphatic carbocycles. The van der Waals surface area contributed by atoms with Crippen molar-refractivity contribution in [1.82, 2.24) is 10.2 Å². The van der Waals surface area contributed by atoms with E-state index in [1.165, 1.54) is 12.8 Å². The van der Waals surface area contributed by atoms with Crippen molar-refractivity contribution in [2.75, 3.05) is 0 Å². The monoisotopic (exact) mass is 282 g/mol. The first kappa shape index (κ1) is 9.55. The molecule has 0 saturated heterocycles. The lowest BCUT2D eigenvalue weighted by Crippen LogP contribution is -1.93. The molecule has 0 bridgehead atoms. The van der Waals surface area contributed by atoms with Gasteiger partial charge in [0.05, 0.1) is 5.69 Å². The van der Waals surface area contributed by atoms with Crippen LogP contribution in [0.15, 0.2) is 22.7 Å². The molecule has 1 heterocycles. The predicted octanol–water partition coefficient (Wildman–Crippen LogP) is 3.92. The zero-order valence-electron chi connectivity index (χ0n) is 7.87. The van der Waals surface area contributed by atoms with E-state index in [1.807, 2.05) is 12.1 Å². The Morgan fingerprint density at radius 2 is 2.00 bits per heavy atom. The van der Waals surface area contributed by atoms with Crippen LogP contribution in [0.4, 0.5) is 0 Å². The maximum Gasteiger partial charge on any atom is 0.159 e. The molecule has 1 aromatic heterocycles. The van der Waals surface area contributed by atoms with Crippen LogP contribution in [0.2, 0.25) is 5.15 Å². The first-order valence-corrected chi connectivity index (χ1v) is 6.04. The molecule has 1 fully saturated rings. The Kier molecular flexibility index (Phi) is 2.18. The minimum Gasteiger partial charge on any atom is -0.153 e. The van der Waals surface area contributed by atoms with Gasteiger partial charge in [0, 0.05) is 21.2 Å². The third kappa shape index (κ3) is 1.64. The minimum absolute atomic E-state index is 0.488. The van der Waals surface area contributed by atoms with Gasteiger partial charge in [-0.25, -0.2) is 0 Å². The summed E-state index contributed by atoms with van der Waals surface area (Å²) in [6.07, 6.45) is 2.44. The fourth-order valence-corrected chi connectivity index (χ4v) is 2.34. The Labute approximate surface area is 101 Å². The number of aromatic nitrogens is 2. The number of halogens is 2. The molecule has 0 unspecified atom stereocenters. The number of rotatable bonds is 1. The lowest BCUT2D eigenvalue weighted by molar-refractivity contribution is 0.931. The van der Waals surface area contributed by atoms with Gasteiger partial charge in [0.1, 0.15) is 0 Å². The standard InChI is InChI=1S/C11H8BrClN2/c12-7-3-4-8-9(5-7)10(6-1-2-6)14-15-11(8)13/h3-6H,1-2H2. The third-order valence-electron chi connectivity index (χ3n) is 2.69. The summed E-state index contributed by atoms with van der Waals surface area (Å²) in [5, 5.41) is 10.8. The summed E-state index contributed by atoms with van der Waals surface area (Å²) in [6.45, 7) is 0. The van der Waals surface area contributed by atoms with Gasteiger partial charge in [-0.3, -0.25) is 0 Å². The van der Waals surface area contributed by atoms with Gasteiger partial charge in [0.15, 0.2) is 5.15 Å². The van der Waals surface area contributed by atoms with Crippen LogP contribution in [0.25, 0.3) is 10.8 Å². The zero-order chi connectivity index (χ0) is 10.4. The summed E-state index contributed by atoms with van der Waals surface area (Å²) in [7, 11) is 0. The van der Waals surface area contributed by atoms with Gasteiger partial charge in [-0.1, -0.05) is 33.6 Å². The van der Waals surface area contributed by atoms with Crippen molar-refractivity contribution < 1.29 is 0 Å². The molecule has 4 heteroatoms. The van der Waals surface area contributed by atoms with Crippen molar-refractivity contribution >= 4 is 38.3 Å². The molecule has 0 N–H and O–H groups in total. The van der Waals surface area contributed by atoms with Crippen LogP contribution in [-0.4, -0.2) is 10.2 Å². The van der Waals surface area contributed by atoms with Crippen LogP contribution < -0.4 is 0 Å². The van der Waals surface area contributed by atoms with Crippen molar-refractivity contribution in [3.05, 3.63) is 33.5 Å². The molecule has 0 amide bonds. The molecule has 2 aromatic rings. The summed E-state index contributed by atoms with van der Waals surface area (Å²) in [5.74, 6) is 0.589. The molecule has 1 aromatic carbocycles. The first-order valence-electron chi connectivity index (χ1n) is 4.87. The highest BCUT2D eigenvalue weighted by molar-refractivity contribution is 9.10. The molecule has 0 spiro atoms. The van der Waals surface area contributed by atoms with Gasteiger partial charge in [-0.05, 0) is 25.0 Å². The van der Waals surface area contributed by atoms with E-state index in [-0.39, 0.29) is 0 Å². The Bertz CT molecular complexity index is 537. The van der Waals surface area contributed by atoms with Gasteiger partial charge in [0.2, 0.25) is 0 Å². The van der Waals surface area contributed by atoms with Gasteiger partial charge in [-0.15, -0.1) is 5.10 Å². The van der Waals surface area contributed by atoms with E-state index in [1.54, 1.807) is 0 Å². The molecule has 1 aliphatic rings. The maximum atomic E-state index is 6.02. The number of nitrogens with zero attached hydrogens (tertiary/aromatic N) is 2. The summed E-state index contributed by atoms with van der Waals surface area (Å²) in [6, 6.07) is 6.04. The molecule has 3 rings (SSSR count). The second kappa shape index (κ2) is 3.42. The topological polar surface area (TPSA) is 25.8 Å². The van der Waals surface area contributed by atoms with Crippen LogP contribution in [-0.2, 0) is 0 Å². The molecular formula is C11H8BrClN2. The van der Waals surface area contributed by atoms with Gasteiger partial charge >= 0.3 is 0 Å². The lowest BCUT2D eigenvalue weighted by Gasteiger charge is -2.05. The summed E-state index contributed by atoms with van der Waals surface area (Å²) in [4.78, 5) is 0. The van der Waals surface area contributed by atoms with E-state index in [4.69, 9.17) is 11.6 Å². The fraction of sp³-hybridized carbons (Fsp3) is 0.273. The second-order valence-electron chi connectivity index (χ2n) is 3.84. The summed E-state index contributed by atoms with van der Waals surface area (Å²) >= 11 is 9.49. The van der Waals surface area contributed by atoms with Crippen LogP contribution in [0.1, 0.15) is 24.5 Å². The normalized spacial score (nSPS) is 15.9. The van der Waals surface area contributed by atoms with Crippen molar-refractivity contribution in [3.63, 3.8) is 0 Å².